The molecule has 2 rings (SSSR count). The summed E-state index contributed by atoms with van der Waals surface area (Å²) in [6.07, 6.45) is 10.4. The van der Waals surface area contributed by atoms with Gasteiger partial charge in [0.1, 0.15) is 0 Å². The Morgan fingerprint density at radius 2 is 2.18 bits per heavy atom. The highest BCUT2D eigenvalue weighted by Crippen LogP contribution is 2.42. The molecule has 0 unspecified atom stereocenters. The smallest absolute Gasteiger partial charge is 0.190 e. The van der Waals surface area contributed by atoms with Crippen molar-refractivity contribution in [3.8, 4) is 0 Å². The average molecular weight is 419 g/mol. The first-order valence-electron chi connectivity index (χ1n) is 8.11. The molecular formula is C16H30IN5. The Labute approximate surface area is 151 Å². The van der Waals surface area contributed by atoms with E-state index in [1.54, 1.807) is 0 Å². The van der Waals surface area contributed by atoms with Gasteiger partial charge in [-0.1, -0.05) is 13.3 Å². The summed E-state index contributed by atoms with van der Waals surface area (Å²) in [6, 6.07) is 0. The maximum Gasteiger partial charge on any atom is 0.190 e. The fraction of sp³-hybridized carbons (Fsp3) is 0.750. The van der Waals surface area contributed by atoms with Crippen molar-refractivity contribution < 1.29 is 0 Å². The lowest BCUT2D eigenvalue weighted by Gasteiger charge is -2.41. The predicted octanol–water partition coefficient (Wildman–Crippen LogP) is 2.94. The number of aromatic nitrogens is 2. The van der Waals surface area contributed by atoms with E-state index < -0.39 is 0 Å². The van der Waals surface area contributed by atoms with Crippen LogP contribution < -0.4 is 10.6 Å². The summed E-state index contributed by atoms with van der Waals surface area (Å²) < 4.78 is 1.99. The van der Waals surface area contributed by atoms with E-state index in [1.807, 2.05) is 17.9 Å². The van der Waals surface area contributed by atoms with Gasteiger partial charge in [-0.3, -0.25) is 9.67 Å². The van der Waals surface area contributed by atoms with Gasteiger partial charge in [-0.25, -0.2) is 0 Å². The highest BCUT2D eigenvalue weighted by Gasteiger charge is 2.34. The van der Waals surface area contributed by atoms with Gasteiger partial charge in [-0.15, -0.1) is 24.0 Å². The summed E-state index contributed by atoms with van der Waals surface area (Å²) in [5.41, 5.74) is 1.73. The molecule has 0 aromatic carbocycles. The molecule has 126 valence electrons. The van der Waals surface area contributed by atoms with Crippen molar-refractivity contribution in [1.29, 1.82) is 0 Å². The number of nitrogens with one attached hydrogen (secondary N) is 2. The van der Waals surface area contributed by atoms with Crippen molar-refractivity contribution in [2.75, 3.05) is 20.1 Å². The molecule has 5 nitrogen and oxygen atoms in total. The van der Waals surface area contributed by atoms with Crippen LogP contribution in [0.4, 0.5) is 0 Å². The van der Waals surface area contributed by atoms with Crippen molar-refractivity contribution in [3.05, 3.63) is 18.0 Å². The van der Waals surface area contributed by atoms with E-state index in [0.29, 0.717) is 5.41 Å². The SMILES string of the molecule is CCC1(CNC(=NC)NCCCn2cc(C)cn2)CCC1.I. The lowest BCUT2D eigenvalue weighted by molar-refractivity contribution is 0.131. The molecule has 1 aromatic rings. The number of aliphatic imine (C=N–C) groups is 1. The summed E-state index contributed by atoms with van der Waals surface area (Å²) in [5, 5.41) is 11.2. The summed E-state index contributed by atoms with van der Waals surface area (Å²) >= 11 is 0. The Morgan fingerprint density at radius 1 is 1.41 bits per heavy atom. The number of aryl methyl sites for hydroxylation is 2. The second kappa shape index (κ2) is 9.37. The minimum absolute atomic E-state index is 0. The van der Waals surface area contributed by atoms with Crippen LogP contribution in [0, 0.1) is 12.3 Å². The van der Waals surface area contributed by atoms with Crippen molar-refractivity contribution in [2.24, 2.45) is 10.4 Å². The summed E-state index contributed by atoms with van der Waals surface area (Å²) in [7, 11) is 1.84. The maximum atomic E-state index is 4.30. The Hall–Kier alpha value is -0.790. The Bertz CT molecular complexity index is 459. The van der Waals surface area contributed by atoms with Gasteiger partial charge < -0.3 is 10.6 Å². The molecule has 2 N–H and O–H groups in total. The van der Waals surface area contributed by atoms with Crippen LogP contribution in [-0.2, 0) is 6.54 Å². The fourth-order valence-electron chi connectivity index (χ4n) is 2.86. The lowest BCUT2D eigenvalue weighted by atomic mass is 9.67. The van der Waals surface area contributed by atoms with Crippen LogP contribution in [0.15, 0.2) is 17.4 Å². The van der Waals surface area contributed by atoms with E-state index in [0.717, 1.165) is 32.0 Å². The Kier molecular flexibility index (Phi) is 8.20. The van der Waals surface area contributed by atoms with Gasteiger partial charge in [-0.2, -0.15) is 5.10 Å². The van der Waals surface area contributed by atoms with E-state index in [-0.39, 0.29) is 24.0 Å². The summed E-state index contributed by atoms with van der Waals surface area (Å²) in [4.78, 5) is 4.30. The Morgan fingerprint density at radius 3 is 2.68 bits per heavy atom. The molecule has 1 fully saturated rings. The Balaban J connectivity index is 0.00000242. The predicted molar refractivity (Wildman–Crippen MR) is 103 cm³/mol. The van der Waals surface area contributed by atoms with Crippen LogP contribution in [0.3, 0.4) is 0 Å². The highest BCUT2D eigenvalue weighted by atomic mass is 127. The fourth-order valence-corrected chi connectivity index (χ4v) is 2.86. The van der Waals surface area contributed by atoms with E-state index in [1.165, 1.54) is 31.2 Å². The molecule has 0 spiro atoms. The second-order valence-electron chi connectivity index (χ2n) is 6.19. The van der Waals surface area contributed by atoms with Crippen LogP contribution in [0.5, 0.6) is 0 Å². The molecular weight excluding hydrogens is 389 g/mol. The molecule has 22 heavy (non-hydrogen) atoms. The number of nitrogens with zero attached hydrogens (tertiary/aromatic N) is 3. The number of halogens is 1. The number of hydrogen-bond acceptors (Lipinski definition) is 2. The first-order valence-corrected chi connectivity index (χ1v) is 8.11. The zero-order chi connectivity index (χ0) is 15.1. The van der Waals surface area contributed by atoms with Gasteiger partial charge in [0.2, 0.25) is 0 Å². The first-order chi connectivity index (χ1) is 10.2. The molecule has 0 radical (unpaired) electrons. The molecule has 1 aliphatic carbocycles. The monoisotopic (exact) mass is 419 g/mol. The molecule has 1 heterocycles. The van der Waals surface area contributed by atoms with E-state index in [9.17, 15) is 0 Å². The number of guanidine groups is 1. The largest absolute Gasteiger partial charge is 0.356 e. The molecule has 0 saturated heterocycles. The van der Waals surface area contributed by atoms with Gasteiger partial charge in [0.05, 0.1) is 6.20 Å². The van der Waals surface area contributed by atoms with Crippen molar-refractivity contribution in [2.45, 2.75) is 52.5 Å². The third-order valence-electron chi connectivity index (χ3n) is 4.64. The van der Waals surface area contributed by atoms with Crippen LogP contribution in [0.25, 0.3) is 0 Å². The molecule has 0 atom stereocenters. The van der Waals surface area contributed by atoms with E-state index in [2.05, 4.69) is 40.8 Å². The zero-order valence-electron chi connectivity index (χ0n) is 14.1. The minimum Gasteiger partial charge on any atom is -0.356 e. The van der Waals surface area contributed by atoms with Crippen LogP contribution in [0.2, 0.25) is 0 Å². The summed E-state index contributed by atoms with van der Waals surface area (Å²) in [6.45, 7) is 7.26. The molecule has 0 amide bonds. The van der Waals surface area contributed by atoms with Crippen LogP contribution >= 0.6 is 24.0 Å². The standard InChI is InChI=1S/C16H29N5.HI/c1-4-16(7-5-8-16)13-19-15(17-3)18-9-6-10-21-12-14(2)11-20-21;/h11-12H,4-10,13H2,1-3H3,(H2,17,18,19);1H. The maximum absolute atomic E-state index is 4.30. The van der Waals surface area contributed by atoms with Gasteiger partial charge in [-0.05, 0) is 43.6 Å². The number of hydrogen-bond donors (Lipinski definition) is 2. The molecule has 1 aromatic heterocycles. The highest BCUT2D eigenvalue weighted by molar-refractivity contribution is 14.0. The molecule has 1 saturated carbocycles. The average Bonchev–Trinajstić information content (AvgIpc) is 2.86. The quantitative estimate of drug-likeness (QED) is 0.309. The van der Waals surface area contributed by atoms with Gasteiger partial charge in [0, 0.05) is 32.9 Å². The van der Waals surface area contributed by atoms with Gasteiger partial charge in [0.25, 0.3) is 0 Å². The topological polar surface area (TPSA) is 54.2 Å². The first kappa shape index (κ1) is 19.3. The minimum atomic E-state index is 0. The lowest BCUT2D eigenvalue weighted by Crippen LogP contribution is -2.46. The van der Waals surface area contributed by atoms with Gasteiger partial charge >= 0.3 is 0 Å². The summed E-state index contributed by atoms with van der Waals surface area (Å²) in [5.74, 6) is 0.923. The zero-order valence-corrected chi connectivity index (χ0v) is 16.4. The van der Waals surface area contributed by atoms with Crippen LogP contribution in [0.1, 0.15) is 44.6 Å². The van der Waals surface area contributed by atoms with Crippen molar-refractivity contribution in [1.82, 2.24) is 20.4 Å². The molecule has 0 aliphatic heterocycles. The second-order valence-corrected chi connectivity index (χ2v) is 6.19. The molecule has 1 aliphatic rings. The van der Waals surface area contributed by atoms with Gasteiger partial charge in [0.15, 0.2) is 5.96 Å². The third kappa shape index (κ3) is 5.44. The van der Waals surface area contributed by atoms with E-state index in [4.69, 9.17) is 0 Å². The third-order valence-corrected chi connectivity index (χ3v) is 4.64. The normalized spacial score (nSPS) is 16.6. The number of rotatable bonds is 7. The van der Waals surface area contributed by atoms with E-state index >= 15 is 0 Å². The van der Waals surface area contributed by atoms with Crippen LogP contribution in [-0.4, -0.2) is 35.9 Å². The van der Waals surface area contributed by atoms with Crippen molar-refractivity contribution in [3.63, 3.8) is 0 Å². The molecule has 0 bridgehead atoms. The molecule has 6 heteroatoms. The van der Waals surface area contributed by atoms with Crippen molar-refractivity contribution >= 4 is 29.9 Å².